The van der Waals surface area contributed by atoms with Crippen molar-refractivity contribution in [3.63, 3.8) is 0 Å². The lowest BCUT2D eigenvalue weighted by Gasteiger charge is -2.06. The third-order valence-corrected chi connectivity index (χ3v) is 2.93. The van der Waals surface area contributed by atoms with Crippen LogP contribution in [0.5, 0.6) is 0 Å². The van der Waals surface area contributed by atoms with Gasteiger partial charge in [-0.05, 0) is 23.7 Å². The summed E-state index contributed by atoms with van der Waals surface area (Å²) in [7, 11) is 0. The molecule has 0 radical (unpaired) electrons. The van der Waals surface area contributed by atoms with E-state index < -0.39 is 0 Å². The number of para-hydroxylation sites is 1. The molecular formula is C14H10ClN3O. The molecular weight excluding hydrogens is 262 g/mol. The minimum absolute atomic E-state index is 0.313. The highest BCUT2D eigenvalue weighted by molar-refractivity contribution is 6.32. The van der Waals surface area contributed by atoms with Crippen LogP contribution in [-0.2, 0) is 0 Å². The standard InChI is InChI=1S/C14H10ClN3O/c15-14-13(10-6-16-9-17-7-10)12(8-19-14)18-11-4-2-1-3-5-11/h1-9,18H. The van der Waals surface area contributed by atoms with E-state index in [1.807, 2.05) is 30.3 Å². The van der Waals surface area contributed by atoms with E-state index >= 15 is 0 Å². The first-order valence-corrected chi connectivity index (χ1v) is 6.07. The van der Waals surface area contributed by atoms with Crippen molar-refractivity contribution in [2.45, 2.75) is 0 Å². The highest BCUT2D eigenvalue weighted by atomic mass is 35.5. The number of nitrogens with one attached hydrogen (secondary N) is 1. The van der Waals surface area contributed by atoms with E-state index in [2.05, 4.69) is 15.3 Å². The second kappa shape index (κ2) is 5.12. The van der Waals surface area contributed by atoms with Gasteiger partial charge in [-0.1, -0.05) is 18.2 Å². The fourth-order valence-corrected chi connectivity index (χ4v) is 2.06. The number of anilines is 2. The Hall–Kier alpha value is -2.33. The summed E-state index contributed by atoms with van der Waals surface area (Å²) in [6.07, 6.45) is 6.44. The lowest BCUT2D eigenvalue weighted by Crippen LogP contribution is -1.91. The SMILES string of the molecule is Clc1occ(Nc2ccccc2)c1-c1cncnc1. The van der Waals surface area contributed by atoms with Gasteiger partial charge in [0.05, 0.1) is 11.3 Å². The van der Waals surface area contributed by atoms with Crippen molar-refractivity contribution in [3.8, 4) is 11.1 Å². The molecule has 0 unspecified atom stereocenters. The van der Waals surface area contributed by atoms with Gasteiger partial charge in [0.2, 0.25) is 5.22 Å². The van der Waals surface area contributed by atoms with Crippen LogP contribution in [0.4, 0.5) is 11.4 Å². The summed E-state index contributed by atoms with van der Waals surface area (Å²) < 4.78 is 5.27. The largest absolute Gasteiger partial charge is 0.450 e. The summed E-state index contributed by atoms with van der Waals surface area (Å²) >= 11 is 6.08. The van der Waals surface area contributed by atoms with Crippen LogP contribution in [0.3, 0.4) is 0 Å². The molecule has 1 N–H and O–H groups in total. The van der Waals surface area contributed by atoms with Crippen LogP contribution in [0.2, 0.25) is 5.22 Å². The Morgan fingerprint density at radius 2 is 1.79 bits per heavy atom. The van der Waals surface area contributed by atoms with Crippen LogP contribution < -0.4 is 5.32 Å². The summed E-state index contributed by atoms with van der Waals surface area (Å²) in [5.74, 6) is 0. The van der Waals surface area contributed by atoms with E-state index in [1.165, 1.54) is 6.33 Å². The predicted molar refractivity (Wildman–Crippen MR) is 74.5 cm³/mol. The maximum Gasteiger partial charge on any atom is 0.203 e. The van der Waals surface area contributed by atoms with E-state index in [9.17, 15) is 0 Å². The van der Waals surface area contributed by atoms with E-state index in [4.69, 9.17) is 16.0 Å². The molecule has 0 saturated heterocycles. The van der Waals surface area contributed by atoms with Crippen molar-refractivity contribution in [2.24, 2.45) is 0 Å². The monoisotopic (exact) mass is 271 g/mol. The third kappa shape index (κ3) is 2.44. The van der Waals surface area contributed by atoms with Crippen molar-refractivity contribution in [2.75, 3.05) is 5.32 Å². The lowest BCUT2D eigenvalue weighted by molar-refractivity contribution is 0.571. The van der Waals surface area contributed by atoms with Crippen molar-refractivity contribution < 1.29 is 4.42 Å². The average molecular weight is 272 g/mol. The van der Waals surface area contributed by atoms with Gasteiger partial charge in [-0.15, -0.1) is 0 Å². The van der Waals surface area contributed by atoms with Crippen LogP contribution in [-0.4, -0.2) is 9.97 Å². The Morgan fingerprint density at radius 1 is 1.05 bits per heavy atom. The minimum atomic E-state index is 0.313. The maximum absolute atomic E-state index is 6.08. The molecule has 94 valence electrons. The molecule has 3 aromatic rings. The number of hydrogen-bond acceptors (Lipinski definition) is 4. The van der Waals surface area contributed by atoms with Gasteiger partial charge in [0.25, 0.3) is 0 Å². The summed E-state index contributed by atoms with van der Waals surface area (Å²) in [5.41, 5.74) is 3.30. The first-order chi connectivity index (χ1) is 9.34. The van der Waals surface area contributed by atoms with Gasteiger partial charge in [-0.2, -0.15) is 0 Å². The van der Waals surface area contributed by atoms with Gasteiger partial charge in [-0.3, -0.25) is 0 Å². The average Bonchev–Trinajstić information content (AvgIpc) is 2.82. The molecule has 0 spiro atoms. The second-order valence-electron chi connectivity index (χ2n) is 3.92. The zero-order valence-corrected chi connectivity index (χ0v) is 10.6. The zero-order valence-electron chi connectivity index (χ0n) is 9.88. The van der Waals surface area contributed by atoms with E-state index in [0.29, 0.717) is 5.22 Å². The number of aromatic nitrogens is 2. The predicted octanol–water partition coefficient (Wildman–Crippen LogP) is 4.13. The molecule has 2 heterocycles. The molecule has 0 amide bonds. The van der Waals surface area contributed by atoms with Crippen molar-refractivity contribution in [1.82, 2.24) is 9.97 Å². The minimum Gasteiger partial charge on any atom is -0.450 e. The van der Waals surface area contributed by atoms with E-state index in [1.54, 1.807) is 18.7 Å². The summed E-state index contributed by atoms with van der Waals surface area (Å²) in [4.78, 5) is 7.98. The summed E-state index contributed by atoms with van der Waals surface area (Å²) in [6.45, 7) is 0. The molecule has 5 heteroatoms. The van der Waals surface area contributed by atoms with Crippen molar-refractivity contribution >= 4 is 23.0 Å². The molecule has 2 aromatic heterocycles. The topological polar surface area (TPSA) is 51.0 Å². The molecule has 0 aliphatic heterocycles. The van der Waals surface area contributed by atoms with Gasteiger partial charge in [-0.25, -0.2) is 9.97 Å². The van der Waals surface area contributed by atoms with Crippen molar-refractivity contribution in [1.29, 1.82) is 0 Å². The first kappa shape index (κ1) is 11.7. The van der Waals surface area contributed by atoms with E-state index in [0.717, 1.165) is 22.5 Å². The highest BCUT2D eigenvalue weighted by Crippen LogP contribution is 2.37. The molecule has 3 rings (SSSR count). The van der Waals surface area contributed by atoms with Crippen LogP contribution in [0.25, 0.3) is 11.1 Å². The summed E-state index contributed by atoms with van der Waals surface area (Å²) in [5, 5.41) is 3.57. The fraction of sp³-hybridized carbons (Fsp3) is 0. The van der Waals surface area contributed by atoms with Gasteiger partial charge in [0.1, 0.15) is 12.6 Å². The molecule has 0 saturated carbocycles. The Kier molecular flexibility index (Phi) is 3.16. The quantitative estimate of drug-likeness (QED) is 0.778. The maximum atomic E-state index is 6.08. The first-order valence-electron chi connectivity index (χ1n) is 5.69. The third-order valence-electron chi connectivity index (χ3n) is 2.65. The Bertz CT molecular complexity index is 668. The lowest BCUT2D eigenvalue weighted by atomic mass is 10.1. The van der Waals surface area contributed by atoms with E-state index in [-0.39, 0.29) is 0 Å². The molecule has 0 bridgehead atoms. The van der Waals surface area contributed by atoms with Crippen molar-refractivity contribution in [3.05, 3.63) is 60.5 Å². The summed E-state index contributed by atoms with van der Waals surface area (Å²) in [6, 6.07) is 9.79. The van der Waals surface area contributed by atoms with Gasteiger partial charge >= 0.3 is 0 Å². The van der Waals surface area contributed by atoms with Gasteiger partial charge in [0, 0.05) is 23.6 Å². The number of halogens is 1. The number of rotatable bonds is 3. The molecule has 0 aliphatic carbocycles. The molecule has 0 aliphatic rings. The normalized spacial score (nSPS) is 10.4. The Morgan fingerprint density at radius 3 is 2.53 bits per heavy atom. The van der Waals surface area contributed by atoms with Crippen LogP contribution in [0.1, 0.15) is 0 Å². The van der Waals surface area contributed by atoms with Crippen LogP contribution >= 0.6 is 11.6 Å². The van der Waals surface area contributed by atoms with Crippen LogP contribution in [0, 0.1) is 0 Å². The zero-order chi connectivity index (χ0) is 13.1. The number of hydrogen-bond donors (Lipinski definition) is 1. The fourth-order valence-electron chi connectivity index (χ4n) is 1.80. The smallest absolute Gasteiger partial charge is 0.203 e. The Labute approximate surface area is 115 Å². The number of benzene rings is 1. The molecule has 1 aromatic carbocycles. The second-order valence-corrected chi connectivity index (χ2v) is 4.26. The molecule has 0 atom stereocenters. The van der Waals surface area contributed by atoms with Gasteiger partial charge < -0.3 is 9.73 Å². The number of nitrogens with zero attached hydrogens (tertiary/aromatic N) is 2. The molecule has 19 heavy (non-hydrogen) atoms. The van der Waals surface area contributed by atoms with Gasteiger partial charge in [0.15, 0.2) is 0 Å². The molecule has 0 fully saturated rings. The number of furan rings is 1. The Balaban J connectivity index is 2.00. The van der Waals surface area contributed by atoms with Crippen LogP contribution in [0.15, 0.2) is 59.7 Å². The molecule has 4 nitrogen and oxygen atoms in total. The highest BCUT2D eigenvalue weighted by Gasteiger charge is 2.14.